The fourth-order valence-corrected chi connectivity index (χ4v) is 2.80. The van der Waals surface area contributed by atoms with E-state index in [2.05, 4.69) is 10.6 Å². The molecule has 1 amide bonds. The Bertz CT molecular complexity index is 917. The molecule has 2 rings (SSSR count). The average Bonchev–Trinajstić information content (AvgIpc) is 2.79. The third-order valence-electron chi connectivity index (χ3n) is 4.61. The number of nitrogens with one attached hydrogen (secondary N) is 2. The highest BCUT2D eigenvalue weighted by Gasteiger charge is 2.11. The van der Waals surface area contributed by atoms with Crippen molar-refractivity contribution in [2.45, 2.75) is 19.4 Å². The Morgan fingerprint density at radius 1 is 1.07 bits per heavy atom. The van der Waals surface area contributed by atoms with Crippen LogP contribution in [0.25, 0.3) is 0 Å². The fraction of sp³-hybridized carbons (Fsp3) is 0.304. The molecule has 2 N–H and O–H groups in total. The van der Waals surface area contributed by atoms with Crippen molar-refractivity contribution in [2.24, 2.45) is 0 Å². The van der Waals surface area contributed by atoms with E-state index in [0.717, 1.165) is 16.9 Å². The molecule has 0 aliphatic rings. The third kappa shape index (κ3) is 6.17. The summed E-state index contributed by atoms with van der Waals surface area (Å²) in [6.45, 7) is 2.34. The van der Waals surface area contributed by atoms with Gasteiger partial charge in [-0.05, 0) is 48.7 Å². The molecule has 0 heterocycles. The first-order valence-corrected chi connectivity index (χ1v) is 9.51. The maximum Gasteiger partial charge on any atom is 0.263 e. The van der Waals surface area contributed by atoms with Crippen LogP contribution in [0.15, 0.2) is 54.2 Å². The highest BCUT2D eigenvalue weighted by atomic mass is 16.5. The van der Waals surface area contributed by atoms with E-state index in [1.807, 2.05) is 55.5 Å². The predicted octanol–water partition coefficient (Wildman–Crippen LogP) is 3.13. The lowest BCUT2D eigenvalue weighted by Crippen LogP contribution is -2.28. The molecule has 0 radical (unpaired) electrons. The lowest BCUT2D eigenvalue weighted by Gasteiger charge is -2.13. The summed E-state index contributed by atoms with van der Waals surface area (Å²) in [5.41, 5.74) is 2.02. The van der Waals surface area contributed by atoms with Gasteiger partial charge in [-0.3, -0.25) is 4.79 Å². The minimum atomic E-state index is -0.424. The van der Waals surface area contributed by atoms with Crippen molar-refractivity contribution in [1.29, 1.82) is 5.26 Å². The molecule has 30 heavy (non-hydrogen) atoms. The largest absolute Gasteiger partial charge is 0.497 e. The molecule has 0 saturated carbocycles. The van der Waals surface area contributed by atoms with Gasteiger partial charge in [-0.25, -0.2) is 0 Å². The summed E-state index contributed by atoms with van der Waals surface area (Å²) in [5, 5.41) is 15.2. The Morgan fingerprint density at radius 2 is 1.77 bits per heavy atom. The van der Waals surface area contributed by atoms with Crippen molar-refractivity contribution in [3.8, 4) is 23.3 Å². The van der Waals surface area contributed by atoms with Crippen molar-refractivity contribution >= 4 is 5.91 Å². The summed E-state index contributed by atoms with van der Waals surface area (Å²) >= 11 is 0. The van der Waals surface area contributed by atoms with Gasteiger partial charge >= 0.3 is 0 Å². The molecule has 0 aromatic heterocycles. The molecule has 0 aliphatic heterocycles. The molecule has 1 atom stereocenters. The summed E-state index contributed by atoms with van der Waals surface area (Å²) in [7, 11) is 4.77. The van der Waals surface area contributed by atoms with Gasteiger partial charge in [-0.15, -0.1) is 0 Å². The fourth-order valence-electron chi connectivity index (χ4n) is 2.80. The minimum absolute atomic E-state index is 0.0164. The monoisotopic (exact) mass is 409 g/mol. The van der Waals surface area contributed by atoms with Crippen LogP contribution in [0.1, 0.15) is 24.1 Å². The van der Waals surface area contributed by atoms with Crippen molar-refractivity contribution in [2.75, 3.05) is 27.9 Å². The number of methoxy groups -OCH3 is 3. The third-order valence-corrected chi connectivity index (χ3v) is 4.61. The zero-order valence-electron chi connectivity index (χ0n) is 17.7. The van der Waals surface area contributed by atoms with Gasteiger partial charge in [0, 0.05) is 18.8 Å². The number of benzene rings is 2. The lowest BCUT2D eigenvalue weighted by atomic mass is 10.1. The van der Waals surface area contributed by atoms with Gasteiger partial charge in [0.15, 0.2) is 11.5 Å². The van der Waals surface area contributed by atoms with Gasteiger partial charge in [-0.2, -0.15) is 5.26 Å². The maximum absolute atomic E-state index is 12.3. The van der Waals surface area contributed by atoms with Crippen molar-refractivity contribution in [3.63, 3.8) is 0 Å². The minimum Gasteiger partial charge on any atom is -0.497 e. The zero-order valence-corrected chi connectivity index (χ0v) is 17.7. The number of hydrogen-bond donors (Lipinski definition) is 2. The van der Waals surface area contributed by atoms with E-state index in [1.165, 1.54) is 6.20 Å². The Morgan fingerprint density at radius 3 is 2.37 bits per heavy atom. The first kappa shape index (κ1) is 22.6. The predicted molar refractivity (Wildman–Crippen MR) is 115 cm³/mol. The summed E-state index contributed by atoms with van der Waals surface area (Å²) in [4.78, 5) is 12.3. The molecule has 158 valence electrons. The Hall–Kier alpha value is -3.66. The number of carbonyl (C=O) groups is 1. The van der Waals surface area contributed by atoms with Crippen LogP contribution >= 0.6 is 0 Å². The summed E-state index contributed by atoms with van der Waals surface area (Å²) in [5.74, 6) is 1.63. The second-order valence-corrected chi connectivity index (χ2v) is 6.53. The molecule has 0 saturated heterocycles. The van der Waals surface area contributed by atoms with Crippen molar-refractivity contribution < 1.29 is 19.0 Å². The molecule has 2 aromatic carbocycles. The number of hydrogen-bond acceptors (Lipinski definition) is 6. The van der Waals surface area contributed by atoms with Gasteiger partial charge in [-0.1, -0.05) is 18.2 Å². The first-order valence-electron chi connectivity index (χ1n) is 9.51. The molecule has 0 bridgehead atoms. The molecule has 0 spiro atoms. The van der Waals surface area contributed by atoms with E-state index in [4.69, 9.17) is 14.2 Å². The smallest absolute Gasteiger partial charge is 0.263 e. The van der Waals surface area contributed by atoms with Crippen LogP contribution < -0.4 is 24.8 Å². The van der Waals surface area contributed by atoms with Gasteiger partial charge in [0.05, 0.1) is 21.3 Å². The van der Waals surface area contributed by atoms with Crippen LogP contribution in [-0.2, 0) is 11.2 Å². The highest BCUT2D eigenvalue weighted by molar-refractivity contribution is 5.97. The van der Waals surface area contributed by atoms with Crippen LogP contribution in [0.3, 0.4) is 0 Å². The van der Waals surface area contributed by atoms with Gasteiger partial charge in [0.25, 0.3) is 5.91 Å². The second-order valence-electron chi connectivity index (χ2n) is 6.53. The van der Waals surface area contributed by atoms with Crippen LogP contribution in [-0.4, -0.2) is 33.8 Å². The van der Waals surface area contributed by atoms with E-state index >= 15 is 0 Å². The quantitative estimate of drug-likeness (QED) is 0.463. The molecule has 7 heteroatoms. The van der Waals surface area contributed by atoms with E-state index < -0.39 is 5.91 Å². The van der Waals surface area contributed by atoms with Crippen LogP contribution in [0, 0.1) is 11.3 Å². The molecule has 0 fully saturated rings. The maximum atomic E-state index is 12.3. The van der Waals surface area contributed by atoms with E-state index in [9.17, 15) is 10.1 Å². The molecule has 1 unspecified atom stereocenters. The highest BCUT2D eigenvalue weighted by Crippen LogP contribution is 2.27. The summed E-state index contributed by atoms with van der Waals surface area (Å²) < 4.78 is 15.7. The summed E-state index contributed by atoms with van der Waals surface area (Å²) in [6.07, 6.45) is 2.04. The SMILES string of the molecule is COc1ccc(C(C)N/C=C(/C#N)C(=O)NCCc2ccc(OC)c(OC)c2)cc1. The average molecular weight is 409 g/mol. The topological polar surface area (TPSA) is 92.6 Å². The Balaban J connectivity index is 1.90. The van der Waals surface area contributed by atoms with E-state index in [1.54, 1.807) is 21.3 Å². The standard InChI is InChI=1S/C23H27N3O4/c1-16(18-6-8-20(28-2)9-7-18)26-15-19(14-24)23(27)25-12-11-17-5-10-21(29-3)22(13-17)30-4/h5-10,13,15-16,26H,11-12H2,1-4H3,(H,25,27)/b19-15-. The van der Waals surface area contributed by atoms with Gasteiger partial charge in [0.2, 0.25) is 0 Å². The number of nitrogens with zero attached hydrogens (tertiary/aromatic N) is 1. The molecule has 2 aromatic rings. The number of nitriles is 1. The number of carbonyl (C=O) groups excluding carboxylic acids is 1. The van der Waals surface area contributed by atoms with Crippen LogP contribution in [0.5, 0.6) is 17.2 Å². The Labute approximate surface area is 177 Å². The zero-order chi connectivity index (χ0) is 21.9. The van der Waals surface area contributed by atoms with Crippen LogP contribution in [0.2, 0.25) is 0 Å². The molecular formula is C23H27N3O4. The molecule has 7 nitrogen and oxygen atoms in total. The normalized spacial score (nSPS) is 11.8. The van der Waals surface area contributed by atoms with Gasteiger partial charge < -0.3 is 24.8 Å². The van der Waals surface area contributed by atoms with E-state index in [-0.39, 0.29) is 11.6 Å². The second kappa shape index (κ2) is 11.4. The van der Waals surface area contributed by atoms with Crippen LogP contribution in [0.4, 0.5) is 0 Å². The summed E-state index contributed by atoms with van der Waals surface area (Å²) in [6, 6.07) is 15.1. The lowest BCUT2D eigenvalue weighted by molar-refractivity contribution is -0.117. The molecule has 0 aliphatic carbocycles. The number of ether oxygens (including phenoxy) is 3. The first-order chi connectivity index (χ1) is 14.5. The number of amides is 1. The van der Waals surface area contributed by atoms with Crippen molar-refractivity contribution in [3.05, 3.63) is 65.4 Å². The molecular weight excluding hydrogens is 382 g/mol. The van der Waals surface area contributed by atoms with E-state index in [0.29, 0.717) is 24.5 Å². The van der Waals surface area contributed by atoms with Crippen molar-refractivity contribution in [1.82, 2.24) is 10.6 Å². The Kier molecular flexibility index (Phi) is 8.57. The number of rotatable bonds is 10. The van der Waals surface area contributed by atoms with Gasteiger partial charge in [0.1, 0.15) is 17.4 Å².